The highest BCUT2D eigenvalue weighted by Gasteiger charge is 2.09. The second-order valence-corrected chi connectivity index (χ2v) is 4.13. The zero-order valence-electron chi connectivity index (χ0n) is 6.45. The number of thiophene rings is 1. The van der Waals surface area contributed by atoms with E-state index < -0.39 is 0 Å². The summed E-state index contributed by atoms with van der Waals surface area (Å²) in [6, 6.07) is 3.63. The van der Waals surface area contributed by atoms with Crippen LogP contribution >= 0.6 is 22.9 Å². The lowest BCUT2D eigenvalue weighted by molar-refractivity contribution is 0.112. The topological polar surface area (TPSA) is 45.8 Å². The van der Waals surface area contributed by atoms with Crippen molar-refractivity contribution in [2.75, 3.05) is 0 Å². The predicted octanol–water partition coefficient (Wildman–Crippen LogP) is 2.60. The number of nitrogens with one attached hydrogen (secondary N) is 1. The molecule has 5 heteroatoms. The van der Waals surface area contributed by atoms with Crippen LogP contribution in [0.3, 0.4) is 0 Å². The van der Waals surface area contributed by atoms with Crippen LogP contribution in [-0.4, -0.2) is 16.5 Å². The third kappa shape index (κ3) is 1.50. The van der Waals surface area contributed by atoms with Crippen LogP contribution < -0.4 is 0 Å². The second-order valence-electron chi connectivity index (χ2n) is 2.41. The van der Waals surface area contributed by atoms with Gasteiger partial charge in [0.2, 0.25) is 0 Å². The Labute approximate surface area is 83.4 Å². The van der Waals surface area contributed by atoms with E-state index in [0.717, 1.165) is 11.2 Å². The third-order valence-electron chi connectivity index (χ3n) is 1.60. The van der Waals surface area contributed by atoms with E-state index in [2.05, 4.69) is 10.2 Å². The lowest BCUT2D eigenvalue weighted by Crippen LogP contribution is -1.79. The molecule has 0 bridgehead atoms. The van der Waals surface area contributed by atoms with E-state index in [1.165, 1.54) is 11.3 Å². The van der Waals surface area contributed by atoms with E-state index in [1.54, 1.807) is 12.3 Å². The molecule has 0 aliphatic carbocycles. The molecular weight excluding hydrogens is 208 g/mol. The number of carbonyl (C=O) groups is 1. The Kier molecular flexibility index (Phi) is 2.16. The Morgan fingerprint density at radius 2 is 2.38 bits per heavy atom. The summed E-state index contributed by atoms with van der Waals surface area (Å²) in [5.74, 6) is 0. The summed E-state index contributed by atoms with van der Waals surface area (Å²) in [7, 11) is 0. The van der Waals surface area contributed by atoms with Gasteiger partial charge in [0.25, 0.3) is 0 Å². The van der Waals surface area contributed by atoms with Gasteiger partial charge in [-0.15, -0.1) is 11.3 Å². The molecule has 3 nitrogen and oxygen atoms in total. The number of aromatic amines is 1. The van der Waals surface area contributed by atoms with Gasteiger partial charge in [0.15, 0.2) is 6.29 Å². The van der Waals surface area contributed by atoms with Gasteiger partial charge in [-0.3, -0.25) is 9.89 Å². The predicted molar refractivity (Wildman–Crippen MR) is 52.3 cm³/mol. The number of rotatable bonds is 2. The van der Waals surface area contributed by atoms with Crippen molar-refractivity contribution in [3.05, 3.63) is 28.2 Å². The number of hydrogen-bond acceptors (Lipinski definition) is 3. The van der Waals surface area contributed by atoms with Crippen LogP contribution in [0.4, 0.5) is 0 Å². The van der Waals surface area contributed by atoms with Crippen molar-refractivity contribution in [2.24, 2.45) is 0 Å². The maximum absolute atomic E-state index is 10.6. The van der Waals surface area contributed by atoms with Crippen molar-refractivity contribution in [3.8, 4) is 10.6 Å². The first-order valence-corrected chi connectivity index (χ1v) is 4.75. The minimum Gasteiger partial charge on any atom is -0.298 e. The van der Waals surface area contributed by atoms with E-state index in [4.69, 9.17) is 11.6 Å². The minimum absolute atomic E-state index is 0.554. The molecule has 66 valence electrons. The summed E-state index contributed by atoms with van der Waals surface area (Å²) < 4.78 is 0.690. The molecule has 2 aromatic rings. The van der Waals surface area contributed by atoms with Gasteiger partial charge in [-0.2, -0.15) is 5.10 Å². The van der Waals surface area contributed by atoms with E-state index in [1.807, 2.05) is 6.07 Å². The largest absolute Gasteiger partial charge is 0.298 e. The fraction of sp³-hybridized carbons (Fsp3) is 0. The van der Waals surface area contributed by atoms with Gasteiger partial charge in [-0.1, -0.05) is 11.6 Å². The molecule has 13 heavy (non-hydrogen) atoms. The fourth-order valence-electron chi connectivity index (χ4n) is 1.03. The first kappa shape index (κ1) is 8.47. The molecule has 0 saturated heterocycles. The number of hydrogen-bond donors (Lipinski definition) is 1. The van der Waals surface area contributed by atoms with Crippen molar-refractivity contribution in [1.29, 1.82) is 0 Å². The van der Waals surface area contributed by atoms with Gasteiger partial charge in [0, 0.05) is 6.20 Å². The summed E-state index contributed by atoms with van der Waals surface area (Å²) in [4.78, 5) is 11.5. The monoisotopic (exact) mass is 212 g/mol. The first-order valence-electron chi connectivity index (χ1n) is 3.56. The average molecular weight is 213 g/mol. The molecule has 0 unspecified atom stereocenters. The standard InChI is InChI=1S/C8H5ClN2OS/c9-7-2-1-6(13-7)8-5(4-12)3-10-11-8/h1-4H,(H,10,11). The molecule has 0 fully saturated rings. The normalized spacial score (nSPS) is 10.2. The zero-order valence-corrected chi connectivity index (χ0v) is 8.02. The number of aromatic nitrogens is 2. The van der Waals surface area contributed by atoms with Crippen molar-refractivity contribution < 1.29 is 4.79 Å². The van der Waals surface area contributed by atoms with Gasteiger partial charge < -0.3 is 0 Å². The van der Waals surface area contributed by atoms with Crippen LogP contribution in [0.5, 0.6) is 0 Å². The molecule has 0 saturated carbocycles. The van der Waals surface area contributed by atoms with E-state index in [-0.39, 0.29) is 0 Å². The smallest absolute Gasteiger partial charge is 0.153 e. The molecule has 0 radical (unpaired) electrons. The van der Waals surface area contributed by atoms with E-state index in [9.17, 15) is 4.79 Å². The Morgan fingerprint density at radius 1 is 1.54 bits per heavy atom. The lowest BCUT2D eigenvalue weighted by Gasteiger charge is -1.89. The van der Waals surface area contributed by atoms with Gasteiger partial charge in [-0.25, -0.2) is 0 Å². The van der Waals surface area contributed by atoms with Crippen LogP contribution in [-0.2, 0) is 0 Å². The first-order chi connectivity index (χ1) is 6.31. The second kappa shape index (κ2) is 3.32. The van der Waals surface area contributed by atoms with Crippen LogP contribution in [0.15, 0.2) is 18.3 Å². The molecule has 1 N–H and O–H groups in total. The fourth-order valence-corrected chi connectivity index (χ4v) is 2.08. The number of halogens is 1. The number of carbonyl (C=O) groups excluding carboxylic acids is 1. The molecule has 0 aliphatic rings. The molecular formula is C8H5ClN2OS. The highest BCUT2D eigenvalue weighted by Crippen LogP contribution is 2.30. The Bertz CT molecular complexity index is 435. The van der Waals surface area contributed by atoms with E-state index in [0.29, 0.717) is 15.6 Å². The van der Waals surface area contributed by atoms with Gasteiger partial charge in [0.05, 0.1) is 14.8 Å². The maximum atomic E-state index is 10.6. The molecule has 0 atom stereocenters. The molecule has 0 amide bonds. The van der Waals surface area contributed by atoms with Crippen LogP contribution in [0.25, 0.3) is 10.6 Å². The summed E-state index contributed by atoms with van der Waals surface area (Å²) in [6.45, 7) is 0. The molecule has 0 aliphatic heterocycles. The zero-order chi connectivity index (χ0) is 9.26. The highest BCUT2D eigenvalue weighted by molar-refractivity contribution is 7.19. The van der Waals surface area contributed by atoms with E-state index >= 15 is 0 Å². The van der Waals surface area contributed by atoms with Crippen LogP contribution in [0.1, 0.15) is 10.4 Å². The minimum atomic E-state index is 0.554. The molecule has 0 spiro atoms. The summed E-state index contributed by atoms with van der Waals surface area (Å²) in [5, 5.41) is 6.61. The van der Waals surface area contributed by atoms with Gasteiger partial charge >= 0.3 is 0 Å². The number of aldehydes is 1. The Morgan fingerprint density at radius 3 is 3.00 bits per heavy atom. The molecule has 2 aromatic heterocycles. The van der Waals surface area contributed by atoms with Crippen molar-refractivity contribution in [2.45, 2.75) is 0 Å². The average Bonchev–Trinajstić information content (AvgIpc) is 2.71. The summed E-state index contributed by atoms with van der Waals surface area (Å²) in [6.07, 6.45) is 2.34. The quantitative estimate of drug-likeness (QED) is 0.778. The maximum Gasteiger partial charge on any atom is 0.153 e. The van der Waals surface area contributed by atoms with Crippen molar-refractivity contribution in [1.82, 2.24) is 10.2 Å². The molecule has 0 aromatic carbocycles. The third-order valence-corrected chi connectivity index (χ3v) is 2.84. The van der Waals surface area contributed by atoms with Crippen LogP contribution in [0.2, 0.25) is 4.34 Å². The number of nitrogens with zero attached hydrogens (tertiary/aromatic N) is 1. The summed E-state index contributed by atoms with van der Waals surface area (Å²) >= 11 is 7.16. The molecule has 2 heterocycles. The SMILES string of the molecule is O=Cc1c[nH]nc1-c1ccc(Cl)s1. The van der Waals surface area contributed by atoms with Crippen molar-refractivity contribution in [3.63, 3.8) is 0 Å². The van der Waals surface area contributed by atoms with Gasteiger partial charge in [-0.05, 0) is 12.1 Å². The highest BCUT2D eigenvalue weighted by atomic mass is 35.5. The number of H-pyrrole nitrogens is 1. The Hall–Kier alpha value is -1.13. The molecule has 2 rings (SSSR count). The lowest BCUT2D eigenvalue weighted by atomic mass is 10.2. The van der Waals surface area contributed by atoms with Crippen LogP contribution in [0, 0.1) is 0 Å². The Balaban J connectivity index is 2.51. The van der Waals surface area contributed by atoms with Crippen molar-refractivity contribution >= 4 is 29.2 Å². The van der Waals surface area contributed by atoms with Gasteiger partial charge in [0.1, 0.15) is 5.69 Å². The summed E-state index contributed by atoms with van der Waals surface area (Å²) in [5.41, 5.74) is 1.21.